The molecular weight excluding hydrogens is 662 g/mol. The molecule has 4 amide bonds. The van der Waals surface area contributed by atoms with Crippen LogP contribution in [0, 0.1) is 0 Å². The molecule has 0 spiro atoms. The van der Waals surface area contributed by atoms with Crippen molar-refractivity contribution in [1.82, 2.24) is 40.8 Å². The van der Waals surface area contributed by atoms with E-state index in [1.165, 1.54) is 17.9 Å². The Morgan fingerprint density at radius 1 is 0.962 bits per heavy atom. The second-order valence-corrected chi connectivity index (χ2v) is 11.7. The van der Waals surface area contributed by atoms with Crippen LogP contribution in [0.1, 0.15) is 35.2 Å². The van der Waals surface area contributed by atoms with E-state index in [0.717, 1.165) is 27.6 Å². The lowest BCUT2D eigenvalue weighted by Gasteiger charge is -2.28. The second kappa shape index (κ2) is 18.9. The van der Waals surface area contributed by atoms with Gasteiger partial charge in [0.15, 0.2) is 12.6 Å². The van der Waals surface area contributed by atoms with Gasteiger partial charge < -0.3 is 26.1 Å². The van der Waals surface area contributed by atoms with Gasteiger partial charge >= 0.3 is 6.03 Å². The maximum Gasteiger partial charge on any atom is 0.321 e. The summed E-state index contributed by atoms with van der Waals surface area (Å²) in [4.78, 5) is 55.1. The smallest absolute Gasteiger partial charge is 0.321 e. The van der Waals surface area contributed by atoms with E-state index in [4.69, 9.17) is 10.6 Å². The van der Waals surface area contributed by atoms with Crippen molar-refractivity contribution >= 4 is 40.9 Å². The van der Waals surface area contributed by atoms with Gasteiger partial charge in [-0.15, -0.1) is 5.10 Å². The second-order valence-electron chi connectivity index (χ2n) is 11.7. The third-order valence-electron chi connectivity index (χ3n) is 7.93. The molecule has 15 heteroatoms. The van der Waals surface area contributed by atoms with Crippen molar-refractivity contribution in [2.24, 2.45) is 15.9 Å². The molecular formula is C37H41N11O4. The number of pyridine rings is 1. The fraction of sp³-hybridized carbons (Fsp3) is 0.243. The molecule has 2 aromatic heterocycles. The molecule has 5 rings (SSSR count). The number of fused-ring (bicyclic) bond motifs is 1. The summed E-state index contributed by atoms with van der Waals surface area (Å²) in [5.74, 6) is -0.762. The summed E-state index contributed by atoms with van der Waals surface area (Å²) in [5.41, 5.74) is 9.90. The minimum absolute atomic E-state index is 0.00754. The Balaban J connectivity index is 1.26. The number of rotatable bonds is 16. The largest absolute Gasteiger partial charge is 0.389 e. The third-order valence-corrected chi connectivity index (χ3v) is 7.93. The van der Waals surface area contributed by atoms with E-state index in [1.54, 1.807) is 17.3 Å². The van der Waals surface area contributed by atoms with Crippen LogP contribution in [0.2, 0.25) is 0 Å². The van der Waals surface area contributed by atoms with Gasteiger partial charge in [0, 0.05) is 43.8 Å². The number of hydrogen-bond acceptors (Lipinski definition) is 9. The molecule has 0 aliphatic heterocycles. The summed E-state index contributed by atoms with van der Waals surface area (Å²) < 4.78 is 1.40. The Bertz CT molecular complexity index is 1940. The lowest BCUT2D eigenvalue weighted by atomic mass is 10.1. The van der Waals surface area contributed by atoms with Crippen molar-refractivity contribution in [3.05, 3.63) is 126 Å². The molecule has 1 atom stereocenters. The number of nitrogens with two attached hydrogens (primary N) is 1. The van der Waals surface area contributed by atoms with E-state index in [2.05, 4.69) is 41.4 Å². The van der Waals surface area contributed by atoms with Crippen LogP contribution in [-0.2, 0) is 40.7 Å². The van der Waals surface area contributed by atoms with Gasteiger partial charge in [-0.3, -0.25) is 24.9 Å². The van der Waals surface area contributed by atoms with Crippen LogP contribution >= 0.6 is 0 Å². The fourth-order valence-corrected chi connectivity index (χ4v) is 5.34. The van der Waals surface area contributed by atoms with Crippen molar-refractivity contribution in [2.45, 2.75) is 45.1 Å². The molecule has 0 saturated heterocycles. The lowest BCUT2D eigenvalue weighted by molar-refractivity contribution is -0.138. The summed E-state index contributed by atoms with van der Waals surface area (Å²) in [6, 6.07) is 27.5. The predicted molar refractivity (Wildman–Crippen MR) is 197 cm³/mol. The molecule has 5 N–H and O–H groups in total. The zero-order chi connectivity index (χ0) is 36.5. The number of carbonyl (C=O) groups excluding carboxylic acids is 3. The number of benzene rings is 3. The monoisotopic (exact) mass is 703 g/mol. The number of carbonyl (C=O) groups is 3. The van der Waals surface area contributed by atoms with Crippen LogP contribution in [0.25, 0.3) is 10.9 Å². The maximum absolute atomic E-state index is 14.3. The highest BCUT2D eigenvalue weighted by atomic mass is 16.6. The molecule has 15 nitrogen and oxygen atoms in total. The van der Waals surface area contributed by atoms with Crippen molar-refractivity contribution in [3.8, 4) is 0 Å². The van der Waals surface area contributed by atoms with Gasteiger partial charge in [-0.25, -0.2) is 9.48 Å². The Labute approximate surface area is 301 Å². The first-order valence-corrected chi connectivity index (χ1v) is 16.7. The number of para-hydroxylation sites is 1. The average Bonchev–Trinajstić information content (AvgIpc) is 3.61. The van der Waals surface area contributed by atoms with Crippen molar-refractivity contribution in [1.29, 1.82) is 0 Å². The summed E-state index contributed by atoms with van der Waals surface area (Å²) in [6.07, 6.45) is 5.45. The molecule has 0 bridgehead atoms. The molecule has 0 saturated carbocycles. The average molecular weight is 704 g/mol. The Morgan fingerprint density at radius 3 is 2.37 bits per heavy atom. The number of oxime groups is 1. The van der Waals surface area contributed by atoms with Crippen LogP contribution in [0.15, 0.2) is 114 Å². The Kier molecular flexibility index (Phi) is 13.3. The summed E-state index contributed by atoms with van der Waals surface area (Å²) >= 11 is 0. The van der Waals surface area contributed by atoms with Gasteiger partial charge in [0.25, 0.3) is 0 Å². The Hall–Kier alpha value is -6.64. The van der Waals surface area contributed by atoms with Crippen molar-refractivity contribution in [3.63, 3.8) is 0 Å². The standard InChI is InChI=1S/C37H41N11O4/c1-39-37(51)45-36(38)41-19-10-17-33(35(50)47(23-27-11-4-2-5-12-27)24-28-13-6-3-7-14-28)44-34(49)25-48-30(22-42-46-48)26-52-43-21-29-18-20-40-32-16-9-8-15-31(29)32/h2-9,11-16,18,20-22,33H,10,17,19,23-26H2,1H3,(H,44,49)(H4,38,39,41,45,51)/b43-21+. The van der Waals surface area contributed by atoms with E-state index in [0.29, 0.717) is 25.2 Å². The van der Waals surface area contributed by atoms with Crippen molar-refractivity contribution < 1.29 is 19.2 Å². The number of guanidine groups is 1. The molecule has 1 unspecified atom stereocenters. The predicted octanol–water partition coefficient (Wildman–Crippen LogP) is 3.11. The van der Waals surface area contributed by atoms with Crippen molar-refractivity contribution in [2.75, 3.05) is 13.6 Å². The topological polar surface area (TPSA) is 194 Å². The first-order chi connectivity index (χ1) is 25.4. The van der Waals surface area contributed by atoms with Crippen LogP contribution in [0.4, 0.5) is 4.79 Å². The van der Waals surface area contributed by atoms with Gasteiger partial charge in [0.05, 0.1) is 23.6 Å². The van der Waals surface area contributed by atoms with E-state index >= 15 is 0 Å². The summed E-state index contributed by atoms with van der Waals surface area (Å²) in [6.45, 7) is 0.686. The molecule has 0 aliphatic carbocycles. The highest BCUT2D eigenvalue weighted by Crippen LogP contribution is 2.16. The SMILES string of the molecule is CNC(=O)NC(N)=NCCCC(NC(=O)Cn1nncc1CO/N=C/c1ccnc2ccccc12)C(=O)N(Cc1ccccc1)Cc1ccccc1. The molecule has 5 aromatic rings. The number of aliphatic imine (C=N–C) groups is 1. The zero-order valence-corrected chi connectivity index (χ0v) is 28.8. The quantitative estimate of drug-likeness (QED) is 0.0521. The molecule has 0 radical (unpaired) electrons. The van der Waals surface area contributed by atoms with Crippen LogP contribution in [0.3, 0.4) is 0 Å². The van der Waals surface area contributed by atoms with Gasteiger partial charge in [-0.2, -0.15) is 0 Å². The highest BCUT2D eigenvalue weighted by molar-refractivity contribution is 5.97. The summed E-state index contributed by atoms with van der Waals surface area (Å²) in [5, 5.41) is 20.8. The normalized spacial score (nSPS) is 12.0. The van der Waals surface area contributed by atoms with Gasteiger partial charge in [-0.05, 0) is 36.1 Å². The number of aromatic nitrogens is 4. The fourth-order valence-electron chi connectivity index (χ4n) is 5.34. The lowest BCUT2D eigenvalue weighted by Crippen LogP contribution is -2.49. The molecule has 2 heterocycles. The zero-order valence-electron chi connectivity index (χ0n) is 28.8. The number of nitrogens with one attached hydrogen (secondary N) is 3. The minimum atomic E-state index is -0.897. The van der Waals surface area contributed by atoms with Gasteiger partial charge in [0.2, 0.25) is 11.8 Å². The first-order valence-electron chi connectivity index (χ1n) is 16.7. The first kappa shape index (κ1) is 36.6. The van der Waals surface area contributed by atoms with E-state index in [9.17, 15) is 14.4 Å². The maximum atomic E-state index is 14.3. The van der Waals surface area contributed by atoms with Crippen LogP contribution in [-0.4, -0.2) is 74.5 Å². The molecule has 0 aliphatic rings. The summed E-state index contributed by atoms with van der Waals surface area (Å²) in [7, 11) is 1.47. The number of amides is 4. The minimum Gasteiger partial charge on any atom is -0.389 e. The molecule has 0 fully saturated rings. The van der Waals surface area contributed by atoms with E-state index in [1.807, 2.05) is 91.0 Å². The van der Waals surface area contributed by atoms with Crippen LogP contribution < -0.4 is 21.7 Å². The highest BCUT2D eigenvalue weighted by Gasteiger charge is 2.27. The molecule has 3 aromatic carbocycles. The molecule has 52 heavy (non-hydrogen) atoms. The number of hydrogen-bond donors (Lipinski definition) is 4. The van der Waals surface area contributed by atoms with Gasteiger partial charge in [0.1, 0.15) is 12.6 Å². The number of nitrogens with zero attached hydrogens (tertiary/aromatic N) is 7. The van der Waals surface area contributed by atoms with E-state index in [-0.39, 0.29) is 38.0 Å². The van der Waals surface area contributed by atoms with Gasteiger partial charge in [-0.1, -0.05) is 89.2 Å². The number of urea groups is 1. The Morgan fingerprint density at radius 2 is 1.65 bits per heavy atom. The van der Waals surface area contributed by atoms with E-state index < -0.39 is 18.0 Å². The third kappa shape index (κ3) is 10.9. The van der Waals surface area contributed by atoms with Crippen LogP contribution in [0.5, 0.6) is 0 Å². The molecule has 268 valence electrons.